The SMILES string of the molecule is Clc1ccccc1CNc1nccc(Nc2ccc(Br)cc2)n1. The van der Waals surface area contributed by atoms with Crippen molar-refractivity contribution in [2.24, 2.45) is 0 Å². The summed E-state index contributed by atoms with van der Waals surface area (Å²) in [6.07, 6.45) is 1.71. The molecule has 2 aromatic carbocycles. The zero-order chi connectivity index (χ0) is 16.1. The molecule has 116 valence electrons. The van der Waals surface area contributed by atoms with Crippen molar-refractivity contribution in [2.45, 2.75) is 6.54 Å². The van der Waals surface area contributed by atoms with Gasteiger partial charge in [0.25, 0.3) is 0 Å². The molecule has 23 heavy (non-hydrogen) atoms. The number of benzene rings is 2. The van der Waals surface area contributed by atoms with Crippen LogP contribution in [0.3, 0.4) is 0 Å². The fourth-order valence-corrected chi connectivity index (χ4v) is 2.48. The van der Waals surface area contributed by atoms with Gasteiger partial charge in [-0.15, -0.1) is 0 Å². The number of anilines is 3. The van der Waals surface area contributed by atoms with E-state index in [2.05, 4.69) is 36.5 Å². The van der Waals surface area contributed by atoms with Crippen molar-refractivity contribution < 1.29 is 0 Å². The van der Waals surface area contributed by atoms with E-state index in [9.17, 15) is 0 Å². The molecule has 0 radical (unpaired) electrons. The molecule has 3 rings (SSSR count). The van der Waals surface area contributed by atoms with Crippen LogP contribution in [0.1, 0.15) is 5.56 Å². The molecular weight excluding hydrogens is 376 g/mol. The summed E-state index contributed by atoms with van der Waals surface area (Å²) < 4.78 is 1.04. The maximum Gasteiger partial charge on any atom is 0.224 e. The molecule has 0 unspecified atom stereocenters. The Bertz CT molecular complexity index is 793. The molecule has 0 aliphatic carbocycles. The highest BCUT2D eigenvalue weighted by Crippen LogP contribution is 2.19. The summed E-state index contributed by atoms with van der Waals surface area (Å²) in [5.41, 5.74) is 1.97. The maximum atomic E-state index is 6.14. The predicted molar refractivity (Wildman–Crippen MR) is 98.2 cm³/mol. The number of rotatable bonds is 5. The standard InChI is InChI=1S/C17H14BrClN4/c18-13-5-7-14(8-6-13)22-16-9-10-20-17(23-16)21-11-12-3-1-2-4-15(12)19/h1-10H,11H2,(H2,20,21,22,23). The summed E-state index contributed by atoms with van der Waals surface area (Å²) in [6.45, 7) is 0.571. The average molecular weight is 390 g/mol. The van der Waals surface area contributed by atoms with E-state index in [1.54, 1.807) is 6.20 Å². The minimum atomic E-state index is 0.548. The Balaban J connectivity index is 1.67. The fraction of sp³-hybridized carbons (Fsp3) is 0.0588. The summed E-state index contributed by atoms with van der Waals surface area (Å²) >= 11 is 9.56. The smallest absolute Gasteiger partial charge is 0.224 e. The molecule has 0 amide bonds. The van der Waals surface area contributed by atoms with Gasteiger partial charge < -0.3 is 10.6 Å². The van der Waals surface area contributed by atoms with Crippen LogP contribution in [0.15, 0.2) is 65.3 Å². The zero-order valence-corrected chi connectivity index (χ0v) is 14.5. The van der Waals surface area contributed by atoms with Crippen LogP contribution in [0, 0.1) is 0 Å². The monoisotopic (exact) mass is 388 g/mol. The van der Waals surface area contributed by atoms with Crippen molar-refractivity contribution in [2.75, 3.05) is 10.6 Å². The Morgan fingerprint density at radius 2 is 1.78 bits per heavy atom. The van der Waals surface area contributed by atoms with Gasteiger partial charge in [-0.3, -0.25) is 0 Å². The van der Waals surface area contributed by atoms with Gasteiger partial charge in [0.15, 0.2) is 0 Å². The minimum absolute atomic E-state index is 0.548. The maximum absolute atomic E-state index is 6.14. The Morgan fingerprint density at radius 3 is 2.57 bits per heavy atom. The van der Waals surface area contributed by atoms with Crippen molar-refractivity contribution in [3.8, 4) is 0 Å². The van der Waals surface area contributed by atoms with E-state index < -0.39 is 0 Å². The molecule has 2 N–H and O–H groups in total. The lowest BCUT2D eigenvalue weighted by Gasteiger charge is -2.09. The third-order valence-corrected chi connectivity index (χ3v) is 4.06. The molecule has 6 heteroatoms. The van der Waals surface area contributed by atoms with E-state index in [1.807, 2.05) is 54.6 Å². The second-order valence-corrected chi connectivity index (χ2v) is 6.17. The van der Waals surface area contributed by atoms with Crippen molar-refractivity contribution >= 4 is 45.0 Å². The number of aromatic nitrogens is 2. The lowest BCUT2D eigenvalue weighted by molar-refractivity contribution is 1.06. The van der Waals surface area contributed by atoms with Gasteiger partial charge in [-0.05, 0) is 42.0 Å². The average Bonchev–Trinajstić information content (AvgIpc) is 2.57. The van der Waals surface area contributed by atoms with Crippen molar-refractivity contribution in [3.63, 3.8) is 0 Å². The van der Waals surface area contributed by atoms with Crippen LogP contribution >= 0.6 is 27.5 Å². The normalized spacial score (nSPS) is 10.3. The van der Waals surface area contributed by atoms with Gasteiger partial charge in [0.1, 0.15) is 5.82 Å². The van der Waals surface area contributed by atoms with Gasteiger partial charge >= 0.3 is 0 Å². The zero-order valence-electron chi connectivity index (χ0n) is 12.1. The van der Waals surface area contributed by atoms with Crippen molar-refractivity contribution in [3.05, 3.63) is 75.9 Å². The van der Waals surface area contributed by atoms with E-state index in [1.165, 1.54) is 0 Å². The molecule has 4 nitrogen and oxygen atoms in total. The molecule has 0 aliphatic heterocycles. The molecule has 3 aromatic rings. The van der Waals surface area contributed by atoms with Crippen LogP contribution in [0.2, 0.25) is 5.02 Å². The van der Waals surface area contributed by atoms with Gasteiger partial charge in [0.2, 0.25) is 5.95 Å². The molecule has 0 saturated heterocycles. The quantitative estimate of drug-likeness (QED) is 0.626. The van der Waals surface area contributed by atoms with Crippen LogP contribution in [-0.4, -0.2) is 9.97 Å². The Kier molecular flexibility index (Phi) is 5.10. The summed E-state index contributed by atoms with van der Waals surface area (Å²) in [6, 6.07) is 17.4. The van der Waals surface area contributed by atoms with E-state index in [0.717, 1.165) is 26.6 Å². The van der Waals surface area contributed by atoms with E-state index in [4.69, 9.17) is 11.6 Å². The number of halogens is 2. The summed E-state index contributed by atoms with van der Waals surface area (Å²) in [7, 11) is 0. The third kappa shape index (κ3) is 4.43. The molecule has 1 heterocycles. The van der Waals surface area contributed by atoms with Crippen LogP contribution in [0.4, 0.5) is 17.5 Å². The van der Waals surface area contributed by atoms with Gasteiger partial charge in [-0.1, -0.05) is 45.7 Å². The first-order valence-electron chi connectivity index (χ1n) is 7.03. The molecule has 0 fully saturated rings. The highest BCUT2D eigenvalue weighted by molar-refractivity contribution is 9.10. The van der Waals surface area contributed by atoms with Gasteiger partial charge in [-0.25, -0.2) is 4.98 Å². The molecule has 0 spiro atoms. The fourth-order valence-electron chi connectivity index (χ4n) is 2.01. The first-order valence-corrected chi connectivity index (χ1v) is 8.21. The molecule has 1 aromatic heterocycles. The van der Waals surface area contributed by atoms with Crippen molar-refractivity contribution in [1.82, 2.24) is 9.97 Å². The lowest BCUT2D eigenvalue weighted by Crippen LogP contribution is -2.05. The van der Waals surface area contributed by atoms with Crippen LogP contribution < -0.4 is 10.6 Å². The molecule has 0 aliphatic rings. The number of nitrogens with zero attached hydrogens (tertiary/aromatic N) is 2. The number of hydrogen-bond donors (Lipinski definition) is 2. The Labute approximate surface area is 148 Å². The highest BCUT2D eigenvalue weighted by Gasteiger charge is 2.02. The van der Waals surface area contributed by atoms with Gasteiger partial charge in [0.05, 0.1) is 0 Å². The Morgan fingerprint density at radius 1 is 1.00 bits per heavy atom. The van der Waals surface area contributed by atoms with E-state index in [-0.39, 0.29) is 0 Å². The predicted octanol–water partition coefficient (Wildman–Crippen LogP) is 5.25. The van der Waals surface area contributed by atoms with E-state index >= 15 is 0 Å². The largest absolute Gasteiger partial charge is 0.350 e. The summed E-state index contributed by atoms with van der Waals surface area (Å²) in [5.74, 6) is 1.27. The first-order chi connectivity index (χ1) is 11.2. The van der Waals surface area contributed by atoms with Crippen LogP contribution in [-0.2, 0) is 6.54 Å². The lowest BCUT2D eigenvalue weighted by atomic mass is 10.2. The minimum Gasteiger partial charge on any atom is -0.350 e. The highest BCUT2D eigenvalue weighted by atomic mass is 79.9. The first kappa shape index (κ1) is 15.8. The number of hydrogen-bond acceptors (Lipinski definition) is 4. The second kappa shape index (κ2) is 7.44. The molecule has 0 atom stereocenters. The molecule has 0 bridgehead atoms. The van der Waals surface area contributed by atoms with E-state index in [0.29, 0.717) is 12.5 Å². The molecular formula is C17H14BrClN4. The third-order valence-electron chi connectivity index (χ3n) is 3.17. The van der Waals surface area contributed by atoms with Gasteiger partial charge in [0, 0.05) is 27.9 Å². The van der Waals surface area contributed by atoms with Gasteiger partial charge in [-0.2, -0.15) is 4.98 Å². The summed E-state index contributed by atoms with van der Waals surface area (Å²) in [4.78, 5) is 8.67. The van der Waals surface area contributed by atoms with Crippen molar-refractivity contribution in [1.29, 1.82) is 0 Å². The topological polar surface area (TPSA) is 49.8 Å². The molecule has 0 saturated carbocycles. The second-order valence-electron chi connectivity index (χ2n) is 4.84. The number of nitrogens with one attached hydrogen (secondary N) is 2. The van der Waals surface area contributed by atoms with Crippen LogP contribution in [0.25, 0.3) is 0 Å². The van der Waals surface area contributed by atoms with Crippen LogP contribution in [0.5, 0.6) is 0 Å². The summed E-state index contributed by atoms with van der Waals surface area (Å²) in [5, 5.41) is 7.15. The Hall–Kier alpha value is -2.11.